The molecule has 1 heterocycles. The topological polar surface area (TPSA) is 68.4 Å². The van der Waals surface area contributed by atoms with Crippen molar-refractivity contribution in [3.8, 4) is 17.2 Å². The maximum absolute atomic E-state index is 9.44. The molecule has 0 aliphatic heterocycles. The molecule has 0 saturated heterocycles. The van der Waals surface area contributed by atoms with Crippen LogP contribution in [0.5, 0.6) is 5.75 Å². The van der Waals surface area contributed by atoms with Gasteiger partial charge < -0.3 is 14.4 Å². The van der Waals surface area contributed by atoms with Gasteiger partial charge in [0, 0.05) is 12.2 Å². The Morgan fingerprint density at radius 1 is 1.35 bits per heavy atom. The van der Waals surface area contributed by atoms with Crippen LogP contribution in [0.1, 0.15) is 38.6 Å². The molecule has 0 spiro atoms. The van der Waals surface area contributed by atoms with Crippen molar-refractivity contribution in [3.05, 3.63) is 29.6 Å². The first-order valence-electron chi connectivity index (χ1n) is 6.78. The molecule has 0 radical (unpaired) electrons. The van der Waals surface area contributed by atoms with E-state index in [0.29, 0.717) is 18.3 Å². The third-order valence-electron chi connectivity index (χ3n) is 3.48. The quantitative estimate of drug-likeness (QED) is 0.906. The summed E-state index contributed by atoms with van der Waals surface area (Å²) in [7, 11) is 0. The van der Waals surface area contributed by atoms with E-state index in [1.807, 2.05) is 27.7 Å². The van der Waals surface area contributed by atoms with Gasteiger partial charge in [-0.1, -0.05) is 12.1 Å². The molecule has 0 amide bonds. The molecule has 108 valence electrons. The van der Waals surface area contributed by atoms with Crippen LogP contribution in [0.25, 0.3) is 11.5 Å². The molecule has 1 atom stereocenters. The number of aryl methyl sites for hydroxylation is 1. The smallest absolute Gasteiger partial charge is 0.258 e. The van der Waals surface area contributed by atoms with Crippen LogP contribution < -0.4 is 0 Å². The van der Waals surface area contributed by atoms with Gasteiger partial charge in [0.25, 0.3) is 5.89 Å². The van der Waals surface area contributed by atoms with Crippen molar-refractivity contribution in [2.24, 2.45) is 0 Å². The number of phenolic OH excluding ortho intramolecular Hbond substituents is 1. The van der Waals surface area contributed by atoms with E-state index in [4.69, 9.17) is 9.26 Å². The van der Waals surface area contributed by atoms with E-state index >= 15 is 0 Å². The summed E-state index contributed by atoms with van der Waals surface area (Å²) >= 11 is 0. The normalized spacial score (nSPS) is 14.2. The van der Waals surface area contributed by atoms with E-state index in [2.05, 4.69) is 10.1 Å². The largest absolute Gasteiger partial charge is 0.508 e. The fraction of sp³-hybridized carbons (Fsp3) is 0.467. The maximum Gasteiger partial charge on any atom is 0.258 e. The number of ether oxygens (including phenoxy) is 1. The van der Waals surface area contributed by atoms with Gasteiger partial charge in [0.2, 0.25) is 5.82 Å². The number of rotatable bonds is 5. The lowest BCUT2D eigenvalue weighted by molar-refractivity contribution is -0.0403. The first-order chi connectivity index (χ1) is 9.50. The van der Waals surface area contributed by atoms with E-state index < -0.39 is 5.60 Å². The van der Waals surface area contributed by atoms with Crippen LogP contribution >= 0.6 is 0 Å². The van der Waals surface area contributed by atoms with Crippen LogP contribution in [0.2, 0.25) is 0 Å². The zero-order valence-electron chi connectivity index (χ0n) is 12.3. The molecular formula is C15H20N2O3. The van der Waals surface area contributed by atoms with Gasteiger partial charge in [0.05, 0.1) is 0 Å². The maximum atomic E-state index is 9.44. The van der Waals surface area contributed by atoms with Crippen molar-refractivity contribution >= 4 is 0 Å². The standard InChI is InChI=1S/C15H20N2O3/c1-5-15(4,19-6-2)14-16-13(20-17-14)12-8-7-11(18)9-10(12)3/h7-9,18H,5-6H2,1-4H3. The van der Waals surface area contributed by atoms with Crippen LogP contribution in [0.3, 0.4) is 0 Å². The Morgan fingerprint density at radius 3 is 2.70 bits per heavy atom. The average molecular weight is 276 g/mol. The minimum absolute atomic E-state index is 0.221. The van der Waals surface area contributed by atoms with E-state index in [9.17, 15) is 5.11 Å². The van der Waals surface area contributed by atoms with Gasteiger partial charge in [-0.25, -0.2) is 0 Å². The fourth-order valence-electron chi connectivity index (χ4n) is 2.08. The predicted molar refractivity (Wildman–Crippen MR) is 75.4 cm³/mol. The fourth-order valence-corrected chi connectivity index (χ4v) is 2.08. The molecule has 0 aliphatic carbocycles. The van der Waals surface area contributed by atoms with Crippen molar-refractivity contribution < 1.29 is 14.4 Å². The molecule has 2 aromatic rings. The van der Waals surface area contributed by atoms with Crippen molar-refractivity contribution in [3.63, 3.8) is 0 Å². The number of nitrogens with zero attached hydrogens (tertiary/aromatic N) is 2. The summed E-state index contributed by atoms with van der Waals surface area (Å²) in [6.07, 6.45) is 0.758. The van der Waals surface area contributed by atoms with Crippen molar-refractivity contribution in [1.82, 2.24) is 10.1 Å². The molecule has 1 aromatic carbocycles. The lowest BCUT2D eigenvalue weighted by atomic mass is 10.0. The average Bonchev–Trinajstić information content (AvgIpc) is 2.89. The number of hydrogen-bond acceptors (Lipinski definition) is 5. The van der Waals surface area contributed by atoms with Gasteiger partial charge in [-0.15, -0.1) is 0 Å². The Hall–Kier alpha value is -1.88. The van der Waals surface area contributed by atoms with E-state index in [0.717, 1.165) is 17.5 Å². The van der Waals surface area contributed by atoms with Crippen LogP contribution in [-0.2, 0) is 10.3 Å². The molecule has 0 saturated carbocycles. The van der Waals surface area contributed by atoms with Crippen LogP contribution in [0, 0.1) is 6.92 Å². The van der Waals surface area contributed by atoms with E-state index in [-0.39, 0.29) is 5.75 Å². The molecular weight excluding hydrogens is 256 g/mol. The summed E-state index contributed by atoms with van der Waals surface area (Å²) in [5.74, 6) is 1.21. The first-order valence-corrected chi connectivity index (χ1v) is 6.78. The molecule has 20 heavy (non-hydrogen) atoms. The predicted octanol–water partition coefficient (Wildman–Crippen LogP) is 3.41. The minimum atomic E-state index is -0.540. The number of aromatic nitrogens is 2. The number of hydrogen-bond donors (Lipinski definition) is 1. The molecule has 1 N–H and O–H groups in total. The second kappa shape index (κ2) is 5.63. The lowest BCUT2D eigenvalue weighted by Crippen LogP contribution is -2.26. The van der Waals surface area contributed by atoms with Crippen molar-refractivity contribution in [2.45, 2.75) is 39.7 Å². The third-order valence-corrected chi connectivity index (χ3v) is 3.48. The van der Waals surface area contributed by atoms with Crippen LogP contribution in [-0.4, -0.2) is 21.9 Å². The Morgan fingerprint density at radius 2 is 2.10 bits per heavy atom. The molecule has 1 unspecified atom stereocenters. The minimum Gasteiger partial charge on any atom is -0.508 e. The highest BCUT2D eigenvalue weighted by molar-refractivity contribution is 5.59. The zero-order valence-corrected chi connectivity index (χ0v) is 12.3. The summed E-state index contributed by atoms with van der Waals surface area (Å²) in [6.45, 7) is 8.40. The van der Waals surface area contributed by atoms with E-state index in [1.54, 1.807) is 18.2 Å². The summed E-state index contributed by atoms with van der Waals surface area (Å²) in [4.78, 5) is 4.45. The Kier molecular flexibility index (Phi) is 4.09. The molecule has 0 fully saturated rings. The summed E-state index contributed by atoms with van der Waals surface area (Å²) in [6, 6.07) is 5.04. The number of benzene rings is 1. The second-order valence-electron chi connectivity index (χ2n) is 4.94. The third kappa shape index (κ3) is 2.67. The molecule has 5 heteroatoms. The molecule has 5 nitrogen and oxygen atoms in total. The second-order valence-corrected chi connectivity index (χ2v) is 4.94. The van der Waals surface area contributed by atoms with Gasteiger partial charge in [-0.2, -0.15) is 4.98 Å². The number of phenols is 1. The first kappa shape index (κ1) is 14.5. The highest BCUT2D eigenvalue weighted by Gasteiger charge is 2.31. The molecule has 0 bridgehead atoms. The van der Waals surface area contributed by atoms with Gasteiger partial charge in [0.1, 0.15) is 11.4 Å². The molecule has 1 aromatic heterocycles. The Balaban J connectivity index is 2.37. The van der Waals surface area contributed by atoms with Gasteiger partial charge in [-0.05, 0) is 51.0 Å². The van der Waals surface area contributed by atoms with Gasteiger partial charge in [-0.3, -0.25) is 0 Å². The lowest BCUT2D eigenvalue weighted by Gasteiger charge is -2.23. The van der Waals surface area contributed by atoms with Crippen molar-refractivity contribution in [2.75, 3.05) is 6.61 Å². The SMILES string of the molecule is CCOC(C)(CC)c1noc(-c2ccc(O)cc2C)n1. The molecule has 0 aliphatic rings. The summed E-state index contributed by atoms with van der Waals surface area (Å²) in [5, 5.41) is 13.5. The zero-order chi connectivity index (χ0) is 14.8. The highest BCUT2D eigenvalue weighted by Crippen LogP contribution is 2.30. The van der Waals surface area contributed by atoms with Crippen molar-refractivity contribution in [1.29, 1.82) is 0 Å². The summed E-state index contributed by atoms with van der Waals surface area (Å²) < 4.78 is 11.1. The highest BCUT2D eigenvalue weighted by atomic mass is 16.5. The van der Waals surface area contributed by atoms with Gasteiger partial charge in [0.15, 0.2) is 0 Å². The summed E-state index contributed by atoms with van der Waals surface area (Å²) in [5.41, 5.74) is 1.16. The van der Waals surface area contributed by atoms with E-state index in [1.165, 1.54) is 0 Å². The monoisotopic (exact) mass is 276 g/mol. The van der Waals surface area contributed by atoms with Crippen LogP contribution in [0.4, 0.5) is 0 Å². The number of aromatic hydroxyl groups is 1. The van der Waals surface area contributed by atoms with Crippen LogP contribution in [0.15, 0.2) is 22.7 Å². The molecule has 2 rings (SSSR count). The van der Waals surface area contributed by atoms with Gasteiger partial charge >= 0.3 is 0 Å². The Bertz CT molecular complexity index is 595. The Labute approximate surface area is 118 Å².